The first-order valence-electron chi connectivity index (χ1n) is 8.70. The van der Waals surface area contributed by atoms with Crippen molar-refractivity contribution in [1.29, 1.82) is 0 Å². The minimum Gasteiger partial charge on any atom is -0.325 e. The van der Waals surface area contributed by atoms with Crippen LogP contribution < -0.4 is 5.32 Å². The predicted molar refractivity (Wildman–Crippen MR) is 107 cm³/mol. The van der Waals surface area contributed by atoms with Crippen LogP contribution in [0, 0.1) is 0 Å². The minimum atomic E-state index is -0.104. The Morgan fingerprint density at radius 1 is 0.828 bits per heavy atom. The van der Waals surface area contributed by atoms with Gasteiger partial charge >= 0.3 is 0 Å². The number of hydrogen-bond acceptors (Lipinski definition) is 6. The molecule has 1 N–H and O–H groups in total. The molecule has 29 heavy (non-hydrogen) atoms. The number of nitrogens with zero attached hydrogens (tertiary/aromatic N) is 6. The highest BCUT2D eigenvalue weighted by Gasteiger charge is 2.01. The van der Waals surface area contributed by atoms with E-state index >= 15 is 0 Å². The van der Waals surface area contributed by atoms with Gasteiger partial charge in [-0.05, 0) is 31.2 Å². The summed E-state index contributed by atoms with van der Waals surface area (Å²) in [6.45, 7) is 2.98. The van der Waals surface area contributed by atoms with E-state index in [0.29, 0.717) is 11.3 Å². The number of carbonyl (C=O) groups is 2. The molecule has 0 aliphatic heterocycles. The Morgan fingerprint density at radius 2 is 1.41 bits per heavy atom. The molecule has 0 atom stereocenters. The lowest BCUT2D eigenvalue weighted by Gasteiger charge is -2.03. The summed E-state index contributed by atoms with van der Waals surface area (Å²) in [6, 6.07) is 7.15. The van der Waals surface area contributed by atoms with E-state index in [1.165, 1.54) is 13.8 Å². The molecule has 0 aliphatic rings. The number of carbonyl (C=O) groups excluding carboxylic acids is 2. The van der Waals surface area contributed by atoms with Crippen molar-refractivity contribution in [2.75, 3.05) is 5.32 Å². The highest BCUT2D eigenvalue weighted by molar-refractivity contribution is 5.93. The summed E-state index contributed by atoms with van der Waals surface area (Å²) in [5.41, 5.74) is 1.31. The van der Waals surface area contributed by atoms with E-state index in [1.54, 1.807) is 77.2 Å². The zero-order valence-electron chi connectivity index (χ0n) is 15.9. The highest BCUT2D eigenvalue weighted by atomic mass is 16.1. The van der Waals surface area contributed by atoms with E-state index in [0.717, 1.165) is 11.6 Å². The summed E-state index contributed by atoms with van der Waals surface area (Å²) < 4.78 is 3.57. The molecule has 0 spiro atoms. The summed E-state index contributed by atoms with van der Waals surface area (Å²) >= 11 is 0. The van der Waals surface area contributed by atoms with Gasteiger partial charge in [-0.25, -0.2) is 19.9 Å². The fourth-order valence-corrected chi connectivity index (χ4v) is 2.35. The molecule has 0 saturated heterocycles. The molecule has 0 radical (unpaired) electrons. The van der Waals surface area contributed by atoms with Gasteiger partial charge in [0.2, 0.25) is 5.91 Å². The summed E-state index contributed by atoms with van der Waals surface area (Å²) in [5, 5.41) is 2.65. The second-order valence-corrected chi connectivity index (χ2v) is 5.99. The van der Waals surface area contributed by atoms with Crippen molar-refractivity contribution in [1.82, 2.24) is 29.1 Å². The molecule has 0 bridgehead atoms. The van der Waals surface area contributed by atoms with Gasteiger partial charge in [-0.2, -0.15) is 0 Å². The quantitative estimate of drug-likeness (QED) is 0.538. The molecule has 4 aromatic heterocycles. The number of ketones is 1. The van der Waals surface area contributed by atoms with Crippen molar-refractivity contribution in [2.24, 2.45) is 0 Å². The van der Waals surface area contributed by atoms with E-state index in [-0.39, 0.29) is 11.7 Å². The smallest absolute Gasteiger partial charge is 0.221 e. The van der Waals surface area contributed by atoms with Crippen LogP contribution in [0.5, 0.6) is 0 Å². The molecule has 4 heterocycles. The van der Waals surface area contributed by atoms with Gasteiger partial charge in [0.25, 0.3) is 0 Å². The van der Waals surface area contributed by atoms with Gasteiger partial charge in [0, 0.05) is 43.5 Å². The van der Waals surface area contributed by atoms with Crippen molar-refractivity contribution in [2.45, 2.75) is 13.8 Å². The van der Waals surface area contributed by atoms with Crippen molar-refractivity contribution in [3.05, 3.63) is 79.7 Å². The zero-order valence-corrected chi connectivity index (χ0v) is 15.9. The first kappa shape index (κ1) is 19.6. The summed E-state index contributed by atoms with van der Waals surface area (Å²) in [7, 11) is 0. The second-order valence-electron chi connectivity index (χ2n) is 5.99. The van der Waals surface area contributed by atoms with Crippen molar-refractivity contribution in [3.8, 4) is 11.6 Å². The van der Waals surface area contributed by atoms with Gasteiger partial charge in [0.1, 0.15) is 24.3 Å². The molecule has 0 aromatic carbocycles. The Kier molecular flexibility index (Phi) is 6.21. The second kappa shape index (κ2) is 9.18. The molecule has 1 amide bonds. The Balaban J connectivity index is 0.000000166. The lowest BCUT2D eigenvalue weighted by molar-refractivity contribution is -0.114. The Hall–Kier alpha value is -4.14. The maximum atomic E-state index is 11.0. The number of imidazole rings is 2. The summed E-state index contributed by atoms with van der Waals surface area (Å²) in [4.78, 5) is 37.9. The van der Waals surface area contributed by atoms with Crippen molar-refractivity contribution in [3.63, 3.8) is 0 Å². The maximum Gasteiger partial charge on any atom is 0.221 e. The molecule has 0 unspecified atom stereocenters. The largest absolute Gasteiger partial charge is 0.325 e. The van der Waals surface area contributed by atoms with Gasteiger partial charge in [0.05, 0.1) is 11.9 Å². The van der Waals surface area contributed by atoms with E-state index in [4.69, 9.17) is 0 Å². The molecule has 9 nitrogen and oxygen atoms in total. The zero-order chi connectivity index (χ0) is 20.6. The Bertz CT molecular complexity index is 1060. The average Bonchev–Trinajstić information content (AvgIpc) is 3.43. The lowest BCUT2D eigenvalue weighted by Crippen LogP contribution is -2.06. The maximum absolute atomic E-state index is 11.0. The normalized spacial score (nSPS) is 10.0. The third-order valence-corrected chi connectivity index (χ3v) is 3.76. The molecule has 146 valence electrons. The molecule has 0 saturated carbocycles. The van der Waals surface area contributed by atoms with Crippen molar-refractivity contribution < 1.29 is 9.59 Å². The van der Waals surface area contributed by atoms with Crippen LogP contribution in [0.1, 0.15) is 24.2 Å². The van der Waals surface area contributed by atoms with Crippen LogP contribution in [-0.2, 0) is 4.79 Å². The predicted octanol–water partition coefficient (Wildman–Crippen LogP) is 2.70. The minimum absolute atomic E-state index is 0.0229. The Morgan fingerprint density at radius 3 is 1.79 bits per heavy atom. The monoisotopic (exact) mass is 389 g/mol. The van der Waals surface area contributed by atoms with Gasteiger partial charge in [-0.3, -0.25) is 18.7 Å². The van der Waals surface area contributed by atoms with Crippen LogP contribution in [0.15, 0.2) is 74.1 Å². The molecule has 0 fully saturated rings. The van der Waals surface area contributed by atoms with Crippen molar-refractivity contribution >= 4 is 17.4 Å². The number of rotatable bonds is 4. The molecule has 4 rings (SSSR count). The molecule has 0 aliphatic carbocycles. The van der Waals surface area contributed by atoms with E-state index in [1.807, 2.05) is 6.07 Å². The van der Waals surface area contributed by atoms with Crippen LogP contribution in [0.3, 0.4) is 0 Å². The average molecular weight is 389 g/mol. The number of pyridine rings is 2. The third kappa shape index (κ3) is 5.42. The molecular weight excluding hydrogens is 370 g/mol. The van der Waals surface area contributed by atoms with Crippen LogP contribution in [0.4, 0.5) is 5.69 Å². The standard InChI is InChI=1S/C10H10N4O.C10H9N3O/c1-8(15)13-9-2-3-10(12-6-9)14-5-4-11-7-14;1-8(14)9-2-3-10(12-6-9)13-5-4-11-7-13/h2-7H,1H3,(H,13,15);2-7H,1H3. The van der Waals surface area contributed by atoms with Crippen LogP contribution >= 0.6 is 0 Å². The van der Waals surface area contributed by atoms with E-state index in [9.17, 15) is 9.59 Å². The Labute approximate surface area is 167 Å². The van der Waals surface area contributed by atoms with Crippen LogP contribution in [-0.4, -0.2) is 40.8 Å². The number of amides is 1. The topological polar surface area (TPSA) is 108 Å². The summed E-state index contributed by atoms with van der Waals surface area (Å²) in [5.74, 6) is 1.44. The van der Waals surface area contributed by atoms with Crippen LogP contribution in [0.2, 0.25) is 0 Å². The number of nitrogens with one attached hydrogen (secondary N) is 1. The highest BCUT2D eigenvalue weighted by Crippen LogP contribution is 2.09. The first-order valence-corrected chi connectivity index (χ1v) is 8.70. The fourth-order valence-electron chi connectivity index (χ4n) is 2.35. The van der Waals surface area contributed by atoms with Crippen LogP contribution in [0.25, 0.3) is 11.6 Å². The number of aromatic nitrogens is 6. The van der Waals surface area contributed by atoms with Gasteiger partial charge in [-0.1, -0.05) is 0 Å². The van der Waals surface area contributed by atoms with E-state index < -0.39 is 0 Å². The van der Waals surface area contributed by atoms with Gasteiger partial charge in [-0.15, -0.1) is 0 Å². The number of anilines is 1. The third-order valence-electron chi connectivity index (χ3n) is 3.76. The van der Waals surface area contributed by atoms with E-state index in [2.05, 4.69) is 25.3 Å². The number of Topliss-reactive ketones (excluding diaryl/α,β-unsaturated/α-hetero) is 1. The van der Waals surface area contributed by atoms with Gasteiger partial charge < -0.3 is 5.32 Å². The lowest BCUT2D eigenvalue weighted by atomic mass is 10.2. The molecule has 9 heteroatoms. The first-order chi connectivity index (χ1) is 14.0. The summed E-state index contributed by atoms with van der Waals surface area (Å²) in [6.07, 6.45) is 13.5. The molecular formula is C20H19N7O2. The fraction of sp³-hybridized carbons (Fsp3) is 0.100. The SMILES string of the molecule is CC(=O)Nc1ccc(-n2ccnc2)nc1.CC(=O)c1ccc(-n2ccnc2)nc1. The van der Waals surface area contributed by atoms with Gasteiger partial charge in [0.15, 0.2) is 5.78 Å². The number of hydrogen-bond donors (Lipinski definition) is 1. The molecule has 4 aromatic rings.